The molecular formula is C9H5F3N2O2. The van der Waals surface area contributed by atoms with Crippen molar-refractivity contribution >= 4 is 23.1 Å². The van der Waals surface area contributed by atoms with Crippen molar-refractivity contribution in [1.29, 1.82) is 0 Å². The number of hydrogen-bond acceptors (Lipinski definition) is 3. The molecule has 0 unspecified atom stereocenters. The Balaban J connectivity index is 2.63. The summed E-state index contributed by atoms with van der Waals surface area (Å²) in [4.78, 5) is 22.1. The summed E-state index contributed by atoms with van der Waals surface area (Å²) in [5.41, 5.74) is 3.26. The lowest BCUT2D eigenvalue weighted by Gasteiger charge is -2.10. The number of alkyl halides is 3. The Bertz CT molecular complexity index is 508. The second-order valence-electron chi connectivity index (χ2n) is 3.27. The van der Waals surface area contributed by atoms with Crippen LogP contribution in [-0.4, -0.2) is 11.7 Å². The molecule has 2 rings (SSSR count). The Labute approximate surface area is 87.2 Å². The topological polar surface area (TPSA) is 72.2 Å². The number of amides is 1. The third-order valence-corrected chi connectivity index (χ3v) is 2.19. The van der Waals surface area contributed by atoms with Crippen molar-refractivity contribution < 1.29 is 22.8 Å². The van der Waals surface area contributed by atoms with Crippen molar-refractivity contribution in [3.8, 4) is 0 Å². The summed E-state index contributed by atoms with van der Waals surface area (Å²) >= 11 is 0. The van der Waals surface area contributed by atoms with E-state index in [1.165, 1.54) is 0 Å². The minimum absolute atomic E-state index is 0.0144. The highest BCUT2D eigenvalue weighted by atomic mass is 19.4. The number of hydrogen-bond donors (Lipinski definition) is 2. The van der Waals surface area contributed by atoms with Gasteiger partial charge >= 0.3 is 6.18 Å². The first-order chi connectivity index (χ1) is 7.30. The molecule has 0 aromatic heterocycles. The van der Waals surface area contributed by atoms with E-state index in [0.717, 1.165) is 6.07 Å². The van der Waals surface area contributed by atoms with Crippen LogP contribution in [-0.2, 0) is 11.0 Å². The summed E-state index contributed by atoms with van der Waals surface area (Å²) in [7, 11) is 0. The van der Waals surface area contributed by atoms with E-state index in [-0.39, 0.29) is 11.3 Å². The number of nitrogens with two attached hydrogens (primary N) is 1. The number of nitrogens with one attached hydrogen (secondary N) is 1. The normalized spacial score (nSPS) is 14.9. The predicted octanol–water partition coefficient (Wildman–Crippen LogP) is 1.42. The molecule has 0 radical (unpaired) electrons. The van der Waals surface area contributed by atoms with Crippen LogP contribution in [0, 0.1) is 0 Å². The Morgan fingerprint density at radius 3 is 2.38 bits per heavy atom. The van der Waals surface area contributed by atoms with Gasteiger partial charge in [-0.1, -0.05) is 0 Å². The van der Waals surface area contributed by atoms with Crippen LogP contribution in [0.5, 0.6) is 0 Å². The van der Waals surface area contributed by atoms with Crippen molar-refractivity contribution in [1.82, 2.24) is 0 Å². The quantitative estimate of drug-likeness (QED) is 0.523. The Hall–Kier alpha value is -2.05. The summed E-state index contributed by atoms with van der Waals surface area (Å²) in [6.07, 6.45) is -4.65. The third kappa shape index (κ3) is 1.40. The monoisotopic (exact) mass is 230 g/mol. The largest absolute Gasteiger partial charge is 0.418 e. The number of carbonyl (C=O) groups is 2. The molecule has 3 N–H and O–H groups in total. The molecule has 16 heavy (non-hydrogen) atoms. The number of carbonyl (C=O) groups excluding carboxylic acids is 2. The van der Waals surface area contributed by atoms with E-state index in [0.29, 0.717) is 6.07 Å². The minimum Gasteiger partial charge on any atom is -0.398 e. The van der Waals surface area contributed by atoms with Gasteiger partial charge in [-0.25, -0.2) is 0 Å². The molecule has 1 aromatic rings. The maximum Gasteiger partial charge on any atom is 0.418 e. The molecule has 0 spiro atoms. The van der Waals surface area contributed by atoms with Crippen molar-refractivity contribution in [3.05, 3.63) is 23.3 Å². The number of fused-ring (bicyclic) bond motifs is 1. The van der Waals surface area contributed by atoms with E-state index in [9.17, 15) is 22.8 Å². The Morgan fingerprint density at radius 1 is 1.19 bits per heavy atom. The molecule has 0 saturated carbocycles. The molecule has 0 saturated heterocycles. The lowest BCUT2D eigenvalue weighted by molar-refractivity contribution is -0.136. The number of ketones is 1. The highest BCUT2D eigenvalue weighted by Gasteiger charge is 2.37. The second-order valence-corrected chi connectivity index (χ2v) is 3.27. The SMILES string of the molecule is Nc1cc2c(cc1C(F)(F)F)C(=O)C(=O)N2. The molecule has 4 nitrogen and oxygen atoms in total. The van der Waals surface area contributed by atoms with Crippen LogP contribution in [0.2, 0.25) is 0 Å². The van der Waals surface area contributed by atoms with Gasteiger partial charge in [0.15, 0.2) is 0 Å². The number of nitrogen functional groups attached to an aromatic ring is 1. The molecule has 1 aliphatic rings. The molecule has 84 valence electrons. The van der Waals surface area contributed by atoms with Gasteiger partial charge in [0.1, 0.15) is 0 Å². The van der Waals surface area contributed by atoms with Gasteiger partial charge in [0.25, 0.3) is 11.7 Å². The van der Waals surface area contributed by atoms with E-state index in [4.69, 9.17) is 5.73 Å². The van der Waals surface area contributed by atoms with Crippen LogP contribution < -0.4 is 11.1 Å². The van der Waals surface area contributed by atoms with Gasteiger partial charge in [-0.05, 0) is 12.1 Å². The number of Topliss-reactive ketones (excluding diaryl/α,β-unsaturated/α-hetero) is 1. The first-order valence-electron chi connectivity index (χ1n) is 4.17. The zero-order valence-electron chi connectivity index (χ0n) is 7.68. The average molecular weight is 230 g/mol. The summed E-state index contributed by atoms with van der Waals surface area (Å²) in [6, 6.07) is 1.52. The fraction of sp³-hybridized carbons (Fsp3) is 0.111. The van der Waals surface area contributed by atoms with Gasteiger partial charge < -0.3 is 11.1 Å². The van der Waals surface area contributed by atoms with E-state index < -0.39 is 29.1 Å². The molecule has 1 heterocycles. The number of anilines is 2. The van der Waals surface area contributed by atoms with E-state index in [1.54, 1.807) is 0 Å². The van der Waals surface area contributed by atoms with Gasteiger partial charge in [-0.3, -0.25) is 9.59 Å². The fourth-order valence-electron chi connectivity index (χ4n) is 1.45. The molecule has 0 fully saturated rings. The molecule has 1 amide bonds. The van der Waals surface area contributed by atoms with Crippen molar-refractivity contribution in [3.63, 3.8) is 0 Å². The van der Waals surface area contributed by atoms with Crippen molar-refractivity contribution in [2.75, 3.05) is 11.1 Å². The van der Waals surface area contributed by atoms with Gasteiger partial charge in [0.05, 0.1) is 16.8 Å². The van der Waals surface area contributed by atoms with Gasteiger partial charge in [0, 0.05) is 5.69 Å². The first-order valence-corrected chi connectivity index (χ1v) is 4.17. The smallest absolute Gasteiger partial charge is 0.398 e. The van der Waals surface area contributed by atoms with E-state index in [2.05, 4.69) is 5.32 Å². The second kappa shape index (κ2) is 2.97. The lowest BCUT2D eigenvalue weighted by atomic mass is 10.1. The molecular weight excluding hydrogens is 225 g/mol. The number of rotatable bonds is 0. The van der Waals surface area contributed by atoms with Gasteiger partial charge in [0.2, 0.25) is 0 Å². The maximum absolute atomic E-state index is 12.4. The van der Waals surface area contributed by atoms with Crippen LogP contribution in [0.1, 0.15) is 15.9 Å². The van der Waals surface area contributed by atoms with Gasteiger partial charge in [-0.15, -0.1) is 0 Å². The summed E-state index contributed by atoms with van der Waals surface area (Å²) in [5, 5.41) is 2.13. The molecule has 0 bridgehead atoms. The maximum atomic E-state index is 12.4. The highest BCUT2D eigenvalue weighted by molar-refractivity contribution is 6.51. The lowest BCUT2D eigenvalue weighted by Crippen LogP contribution is -2.13. The fourth-order valence-corrected chi connectivity index (χ4v) is 1.45. The van der Waals surface area contributed by atoms with Gasteiger partial charge in [-0.2, -0.15) is 13.2 Å². The average Bonchev–Trinajstić information content (AvgIpc) is 2.39. The van der Waals surface area contributed by atoms with Crippen molar-refractivity contribution in [2.24, 2.45) is 0 Å². The van der Waals surface area contributed by atoms with Crippen LogP contribution in [0.15, 0.2) is 12.1 Å². The minimum atomic E-state index is -4.65. The van der Waals surface area contributed by atoms with Crippen LogP contribution >= 0.6 is 0 Å². The zero-order valence-corrected chi connectivity index (χ0v) is 7.68. The molecule has 7 heteroatoms. The predicted molar refractivity (Wildman–Crippen MR) is 48.8 cm³/mol. The number of benzene rings is 1. The summed E-state index contributed by atoms with van der Waals surface area (Å²) in [6.45, 7) is 0. The van der Waals surface area contributed by atoms with E-state index in [1.807, 2.05) is 0 Å². The molecule has 0 aliphatic carbocycles. The zero-order chi connectivity index (χ0) is 12.1. The van der Waals surface area contributed by atoms with Crippen LogP contribution in [0.4, 0.5) is 24.5 Å². The number of halogens is 3. The van der Waals surface area contributed by atoms with E-state index >= 15 is 0 Å². The Kier molecular flexibility index (Phi) is 1.94. The Morgan fingerprint density at radius 2 is 1.81 bits per heavy atom. The standard InChI is InChI=1S/C9H5F3N2O2/c10-9(11,12)4-1-3-6(2-5(4)13)14-8(16)7(3)15/h1-2H,13H2,(H,14,15,16). The third-order valence-electron chi connectivity index (χ3n) is 2.19. The highest BCUT2D eigenvalue weighted by Crippen LogP contribution is 2.38. The molecule has 0 atom stereocenters. The summed E-state index contributed by atoms with van der Waals surface area (Å²) < 4.78 is 37.3. The van der Waals surface area contributed by atoms with Crippen LogP contribution in [0.25, 0.3) is 0 Å². The summed E-state index contributed by atoms with van der Waals surface area (Å²) in [5.74, 6) is -1.94. The van der Waals surface area contributed by atoms with Crippen molar-refractivity contribution in [2.45, 2.75) is 6.18 Å². The molecule has 1 aromatic carbocycles. The molecule has 1 aliphatic heterocycles. The van der Waals surface area contributed by atoms with Crippen LogP contribution in [0.3, 0.4) is 0 Å². The first kappa shape index (κ1) is 10.5.